The van der Waals surface area contributed by atoms with E-state index in [2.05, 4.69) is 29.3 Å². The zero-order valence-corrected chi connectivity index (χ0v) is 12.6. The first-order chi connectivity index (χ1) is 9.10. The first-order valence-electron chi connectivity index (χ1n) is 6.96. The van der Waals surface area contributed by atoms with Crippen LogP contribution in [0.4, 0.5) is 5.69 Å². The van der Waals surface area contributed by atoms with Gasteiger partial charge in [-0.15, -0.1) is 0 Å². The second-order valence-corrected chi connectivity index (χ2v) is 5.76. The molecule has 0 aromatic heterocycles. The van der Waals surface area contributed by atoms with Crippen molar-refractivity contribution in [3.8, 4) is 0 Å². The standard InChI is InChI=1S/C15H23N3S/c1-3-18-7-6-12(10-18)9-17-13-4-5-14(15(16)19)11(2)8-13/h4-5,8,12,17H,3,6-7,9-10H2,1-2H3,(H2,16,19). The number of anilines is 1. The number of nitrogens with zero attached hydrogens (tertiary/aromatic N) is 1. The van der Waals surface area contributed by atoms with Gasteiger partial charge in [0.05, 0.1) is 0 Å². The molecule has 2 rings (SSSR count). The van der Waals surface area contributed by atoms with E-state index in [-0.39, 0.29) is 0 Å². The fourth-order valence-corrected chi connectivity index (χ4v) is 2.91. The van der Waals surface area contributed by atoms with Gasteiger partial charge in [-0.3, -0.25) is 0 Å². The molecule has 0 amide bonds. The topological polar surface area (TPSA) is 41.3 Å². The van der Waals surface area contributed by atoms with E-state index in [1.807, 2.05) is 13.0 Å². The molecule has 1 fully saturated rings. The molecule has 0 aliphatic carbocycles. The summed E-state index contributed by atoms with van der Waals surface area (Å²) < 4.78 is 0. The Kier molecular flexibility index (Phi) is 4.77. The Labute approximate surface area is 121 Å². The van der Waals surface area contributed by atoms with E-state index in [4.69, 9.17) is 18.0 Å². The third-order valence-corrected chi connectivity index (χ3v) is 4.12. The average molecular weight is 277 g/mol. The molecule has 4 heteroatoms. The summed E-state index contributed by atoms with van der Waals surface area (Å²) in [5.74, 6) is 0.760. The van der Waals surface area contributed by atoms with Gasteiger partial charge in [-0.25, -0.2) is 0 Å². The normalized spacial score (nSPS) is 19.6. The first-order valence-corrected chi connectivity index (χ1v) is 7.37. The van der Waals surface area contributed by atoms with Crippen molar-refractivity contribution in [2.24, 2.45) is 11.7 Å². The van der Waals surface area contributed by atoms with Gasteiger partial charge in [0.2, 0.25) is 0 Å². The Morgan fingerprint density at radius 3 is 2.89 bits per heavy atom. The quantitative estimate of drug-likeness (QED) is 0.811. The van der Waals surface area contributed by atoms with Gasteiger partial charge < -0.3 is 16.0 Å². The number of hydrogen-bond acceptors (Lipinski definition) is 3. The van der Waals surface area contributed by atoms with Crippen LogP contribution in [-0.4, -0.2) is 36.1 Å². The SMILES string of the molecule is CCN1CCC(CNc2ccc(C(N)=S)c(C)c2)C1. The highest BCUT2D eigenvalue weighted by Gasteiger charge is 2.20. The fraction of sp³-hybridized carbons (Fsp3) is 0.533. The maximum absolute atomic E-state index is 5.67. The van der Waals surface area contributed by atoms with Crippen LogP contribution in [0, 0.1) is 12.8 Å². The molecule has 1 aromatic rings. The van der Waals surface area contributed by atoms with Gasteiger partial charge in [0.15, 0.2) is 0 Å². The molecule has 1 heterocycles. The second-order valence-electron chi connectivity index (χ2n) is 5.32. The molecule has 1 saturated heterocycles. The van der Waals surface area contributed by atoms with Crippen molar-refractivity contribution in [3.63, 3.8) is 0 Å². The number of aryl methyl sites for hydroxylation is 1. The molecule has 1 aliphatic heterocycles. The molecule has 104 valence electrons. The number of nitrogens with two attached hydrogens (primary N) is 1. The van der Waals surface area contributed by atoms with Crippen molar-refractivity contribution in [2.45, 2.75) is 20.3 Å². The molecule has 0 bridgehead atoms. The van der Waals surface area contributed by atoms with Crippen molar-refractivity contribution in [2.75, 3.05) is 31.5 Å². The van der Waals surface area contributed by atoms with Crippen LogP contribution in [0.2, 0.25) is 0 Å². The van der Waals surface area contributed by atoms with E-state index in [9.17, 15) is 0 Å². The van der Waals surface area contributed by atoms with Crippen molar-refractivity contribution >= 4 is 22.9 Å². The lowest BCUT2D eigenvalue weighted by molar-refractivity contribution is 0.345. The van der Waals surface area contributed by atoms with E-state index in [1.54, 1.807) is 0 Å². The summed E-state index contributed by atoms with van der Waals surface area (Å²) in [5, 5.41) is 3.53. The molecule has 1 aliphatic rings. The highest BCUT2D eigenvalue weighted by atomic mass is 32.1. The van der Waals surface area contributed by atoms with Gasteiger partial charge in [-0.05, 0) is 56.1 Å². The molecule has 0 radical (unpaired) electrons. The highest BCUT2D eigenvalue weighted by molar-refractivity contribution is 7.80. The minimum Gasteiger partial charge on any atom is -0.389 e. The molecule has 1 aromatic carbocycles. The third-order valence-electron chi connectivity index (χ3n) is 3.90. The first kappa shape index (κ1) is 14.3. The number of benzene rings is 1. The van der Waals surface area contributed by atoms with Crippen LogP contribution in [0.5, 0.6) is 0 Å². The minimum absolute atomic E-state index is 0.471. The van der Waals surface area contributed by atoms with Crippen LogP contribution in [-0.2, 0) is 0 Å². The van der Waals surface area contributed by atoms with Crippen molar-refractivity contribution < 1.29 is 0 Å². The van der Waals surface area contributed by atoms with Crippen LogP contribution < -0.4 is 11.1 Å². The van der Waals surface area contributed by atoms with Crippen molar-refractivity contribution in [1.29, 1.82) is 0 Å². The molecule has 0 saturated carbocycles. The lowest BCUT2D eigenvalue weighted by Gasteiger charge is -2.15. The minimum atomic E-state index is 0.471. The van der Waals surface area contributed by atoms with E-state index in [0.29, 0.717) is 4.99 Å². The van der Waals surface area contributed by atoms with Gasteiger partial charge in [0.25, 0.3) is 0 Å². The third kappa shape index (κ3) is 3.67. The Bertz CT molecular complexity index is 459. The Hall–Kier alpha value is -1.13. The summed E-state index contributed by atoms with van der Waals surface area (Å²) in [5.41, 5.74) is 8.94. The molecule has 19 heavy (non-hydrogen) atoms. The smallest absolute Gasteiger partial charge is 0.104 e. The van der Waals surface area contributed by atoms with Crippen LogP contribution in [0.25, 0.3) is 0 Å². The Morgan fingerprint density at radius 1 is 1.53 bits per heavy atom. The van der Waals surface area contributed by atoms with Crippen LogP contribution in [0.15, 0.2) is 18.2 Å². The van der Waals surface area contributed by atoms with E-state index in [0.717, 1.165) is 35.8 Å². The summed E-state index contributed by atoms with van der Waals surface area (Å²) >= 11 is 5.02. The van der Waals surface area contributed by atoms with Gasteiger partial charge in [-0.1, -0.05) is 19.1 Å². The largest absolute Gasteiger partial charge is 0.389 e. The van der Waals surface area contributed by atoms with E-state index < -0.39 is 0 Å². The number of hydrogen-bond donors (Lipinski definition) is 2. The number of likely N-dealkylation sites (tertiary alicyclic amines) is 1. The lowest BCUT2D eigenvalue weighted by atomic mass is 10.1. The van der Waals surface area contributed by atoms with Gasteiger partial charge >= 0.3 is 0 Å². The number of rotatable bonds is 5. The zero-order valence-electron chi connectivity index (χ0n) is 11.8. The van der Waals surface area contributed by atoms with E-state index >= 15 is 0 Å². The summed E-state index contributed by atoms with van der Waals surface area (Å²) in [6, 6.07) is 6.20. The zero-order chi connectivity index (χ0) is 13.8. The highest BCUT2D eigenvalue weighted by Crippen LogP contribution is 2.19. The molecule has 3 nitrogen and oxygen atoms in total. The van der Waals surface area contributed by atoms with Crippen LogP contribution in [0.3, 0.4) is 0 Å². The second kappa shape index (κ2) is 6.35. The summed E-state index contributed by atoms with van der Waals surface area (Å²) in [6.45, 7) is 8.94. The Morgan fingerprint density at radius 2 is 2.32 bits per heavy atom. The van der Waals surface area contributed by atoms with Gasteiger partial charge in [-0.2, -0.15) is 0 Å². The van der Waals surface area contributed by atoms with Crippen LogP contribution in [0.1, 0.15) is 24.5 Å². The molecular formula is C15H23N3S. The Balaban J connectivity index is 1.90. The predicted octanol–water partition coefficient (Wildman–Crippen LogP) is 2.38. The summed E-state index contributed by atoms with van der Waals surface area (Å²) in [6.07, 6.45) is 1.30. The molecule has 1 unspecified atom stereocenters. The number of thiocarbonyl (C=S) groups is 1. The molecule has 0 spiro atoms. The summed E-state index contributed by atoms with van der Waals surface area (Å²) in [4.78, 5) is 2.98. The molecule has 1 atom stereocenters. The maximum Gasteiger partial charge on any atom is 0.104 e. The van der Waals surface area contributed by atoms with Gasteiger partial charge in [0.1, 0.15) is 4.99 Å². The van der Waals surface area contributed by atoms with E-state index in [1.165, 1.54) is 19.5 Å². The van der Waals surface area contributed by atoms with Crippen LogP contribution >= 0.6 is 12.2 Å². The maximum atomic E-state index is 5.67. The molecular weight excluding hydrogens is 254 g/mol. The van der Waals surface area contributed by atoms with Crippen molar-refractivity contribution in [3.05, 3.63) is 29.3 Å². The lowest BCUT2D eigenvalue weighted by Crippen LogP contribution is -2.22. The summed E-state index contributed by atoms with van der Waals surface area (Å²) in [7, 11) is 0. The number of nitrogens with one attached hydrogen (secondary N) is 1. The monoisotopic (exact) mass is 277 g/mol. The van der Waals surface area contributed by atoms with Gasteiger partial charge in [0, 0.05) is 24.3 Å². The molecule has 3 N–H and O–H groups in total. The fourth-order valence-electron chi connectivity index (χ4n) is 2.68. The predicted molar refractivity (Wildman–Crippen MR) is 85.8 cm³/mol. The van der Waals surface area contributed by atoms with Crippen molar-refractivity contribution in [1.82, 2.24) is 4.90 Å². The average Bonchev–Trinajstić information content (AvgIpc) is 2.84.